The summed E-state index contributed by atoms with van der Waals surface area (Å²) in [7, 11) is 0. The number of carbonyl (C=O) groups is 1. The van der Waals surface area contributed by atoms with Gasteiger partial charge in [0, 0.05) is 36.8 Å². The zero-order valence-electron chi connectivity index (χ0n) is 16.0. The van der Waals surface area contributed by atoms with Crippen LogP contribution >= 0.6 is 0 Å². The molecule has 1 atom stereocenters. The van der Waals surface area contributed by atoms with Gasteiger partial charge in [0.05, 0.1) is 6.61 Å². The van der Waals surface area contributed by atoms with Crippen LogP contribution in [0.1, 0.15) is 33.6 Å². The Bertz CT molecular complexity index is 1200. The molecule has 1 amide bonds. The van der Waals surface area contributed by atoms with Gasteiger partial charge in [-0.15, -0.1) is 0 Å². The van der Waals surface area contributed by atoms with E-state index in [0.29, 0.717) is 24.3 Å². The zero-order chi connectivity index (χ0) is 19.8. The third-order valence-corrected chi connectivity index (χ3v) is 5.44. The van der Waals surface area contributed by atoms with Gasteiger partial charge in [-0.2, -0.15) is 0 Å². The molecule has 0 fully saturated rings. The van der Waals surface area contributed by atoms with Crippen LogP contribution < -0.4 is 10.1 Å². The molecule has 0 aliphatic carbocycles. The second-order valence-corrected chi connectivity index (χ2v) is 7.28. The highest BCUT2D eigenvalue weighted by Crippen LogP contribution is 2.40. The van der Waals surface area contributed by atoms with Crippen molar-refractivity contribution in [2.75, 3.05) is 6.61 Å². The Labute approximate surface area is 168 Å². The molecule has 29 heavy (non-hydrogen) atoms. The maximum atomic E-state index is 13.3. The van der Waals surface area contributed by atoms with Crippen molar-refractivity contribution in [1.29, 1.82) is 0 Å². The van der Waals surface area contributed by atoms with E-state index in [1.165, 1.54) is 0 Å². The number of nitrogens with one attached hydrogen (secondary N) is 1. The molecule has 0 saturated heterocycles. The van der Waals surface area contributed by atoms with Gasteiger partial charge in [0.25, 0.3) is 5.91 Å². The Morgan fingerprint density at radius 2 is 1.97 bits per heavy atom. The Hall–Kier alpha value is -3.67. The SMILES string of the molecule is Cc1ccc([C@@]2(NC(=O)c3ccn4ccnc4c3)CCOc3cccnc32)cc1. The molecule has 0 unspecified atom stereocenters. The smallest absolute Gasteiger partial charge is 0.252 e. The van der Waals surface area contributed by atoms with E-state index in [9.17, 15) is 4.79 Å². The molecule has 3 aromatic heterocycles. The topological polar surface area (TPSA) is 68.5 Å². The van der Waals surface area contributed by atoms with Gasteiger partial charge in [0.1, 0.15) is 22.6 Å². The summed E-state index contributed by atoms with van der Waals surface area (Å²) in [4.78, 5) is 22.2. The Morgan fingerprint density at radius 1 is 1.10 bits per heavy atom. The lowest BCUT2D eigenvalue weighted by Gasteiger charge is -2.39. The van der Waals surface area contributed by atoms with Crippen molar-refractivity contribution in [2.45, 2.75) is 18.9 Å². The van der Waals surface area contributed by atoms with Gasteiger partial charge in [-0.3, -0.25) is 9.78 Å². The number of aromatic nitrogens is 3. The number of hydrogen-bond acceptors (Lipinski definition) is 4. The zero-order valence-corrected chi connectivity index (χ0v) is 16.0. The molecular weight excluding hydrogens is 364 g/mol. The summed E-state index contributed by atoms with van der Waals surface area (Å²) < 4.78 is 7.70. The summed E-state index contributed by atoms with van der Waals surface area (Å²) in [6.45, 7) is 2.54. The number of benzene rings is 1. The van der Waals surface area contributed by atoms with Crippen molar-refractivity contribution in [3.63, 3.8) is 0 Å². The van der Waals surface area contributed by atoms with Crippen molar-refractivity contribution in [2.24, 2.45) is 0 Å². The molecule has 5 rings (SSSR count). The van der Waals surface area contributed by atoms with Gasteiger partial charge in [-0.25, -0.2) is 4.98 Å². The molecular formula is C23H20N4O2. The van der Waals surface area contributed by atoms with Crippen molar-refractivity contribution in [1.82, 2.24) is 19.7 Å². The molecule has 4 heterocycles. The number of hydrogen-bond donors (Lipinski definition) is 1. The van der Waals surface area contributed by atoms with Crippen LogP contribution in [0.25, 0.3) is 5.65 Å². The van der Waals surface area contributed by atoms with Crippen molar-refractivity contribution < 1.29 is 9.53 Å². The lowest BCUT2D eigenvalue weighted by Crippen LogP contribution is -2.50. The highest BCUT2D eigenvalue weighted by Gasteiger charge is 2.42. The van der Waals surface area contributed by atoms with E-state index >= 15 is 0 Å². The van der Waals surface area contributed by atoms with Crippen LogP contribution in [0.3, 0.4) is 0 Å². The minimum atomic E-state index is -0.763. The summed E-state index contributed by atoms with van der Waals surface area (Å²) >= 11 is 0. The molecule has 0 spiro atoms. The minimum absolute atomic E-state index is 0.172. The molecule has 1 aromatic carbocycles. The van der Waals surface area contributed by atoms with E-state index in [-0.39, 0.29) is 5.91 Å². The molecule has 4 aromatic rings. The van der Waals surface area contributed by atoms with Gasteiger partial charge in [-0.1, -0.05) is 29.8 Å². The van der Waals surface area contributed by atoms with Crippen LogP contribution in [-0.2, 0) is 5.54 Å². The monoisotopic (exact) mass is 384 g/mol. The first-order valence-electron chi connectivity index (χ1n) is 9.56. The molecule has 1 N–H and O–H groups in total. The van der Waals surface area contributed by atoms with Crippen LogP contribution in [0.2, 0.25) is 0 Å². The summed E-state index contributed by atoms with van der Waals surface area (Å²) in [6, 6.07) is 15.5. The van der Waals surface area contributed by atoms with Crippen molar-refractivity contribution in [3.8, 4) is 5.75 Å². The Balaban J connectivity index is 1.61. The third-order valence-electron chi connectivity index (χ3n) is 5.44. The van der Waals surface area contributed by atoms with Gasteiger partial charge in [0.15, 0.2) is 0 Å². The highest BCUT2D eigenvalue weighted by atomic mass is 16.5. The molecule has 1 aliphatic heterocycles. The van der Waals surface area contributed by atoms with E-state index in [1.54, 1.807) is 24.5 Å². The van der Waals surface area contributed by atoms with E-state index < -0.39 is 5.54 Å². The van der Waals surface area contributed by atoms with Gasteiger partial charge < -0.3 is 14.5 Å². The summed E-state index contributed by atoms with van der Waals surface area (Å²) in [5.74, 6) is 0.526. The van der Waals surface area contributed by atoms with Crippen molar-refractivity contribution in [3.05, 3.63) is 95.7 Å². The van der Waals surface area contributed by atoms with E-state index in [2.05, 4.69) is 39.6 Å². The molecule has 6 heteroatoms. The van der Waals surface area contributed by atoms with Gasteiger partial charge >= 0.3 is 0 Å². The average molecular weight is 384 g/mol. The maximum Gasteiger partial charge on any atom is 0.252 e. The Morgan fingerprint density at radius 3 is 2.83 bits per heavy atom. The number of rotatable bonds is 3. The number of ether oxygens (including phenoxy) is 1. The van der Waals surface area contributed by atoms with Gasteiger partial charge in [0.2, 0.25) is 0 Å². The van der Waals surface area contributed by atoms with E-state index in [4.69, 9.17) is 4.74 Å². The fraction of sp³-hybridized carbons (Fsp3) is 0.174. The summed E-state index contributed by atoms with van der Waals surface area (Å²) in [5.41, 5.74) is 3.40. The Kier molecular flexibility index (Phi) is 4.05. The number of amides is 1. The highest BCUT2D eigenvalue weighted by molar-refractivity contribution is 5.96. The standard InChI is InChI=1S/C23H20N4O2/c1-16-4-6-18(7-5-16)23(9-14-29-19-3-2-10-25-21(19)23)26-22(28)17-8-12-27-13-11-24-20(27)15-17/h2-8,10-13,15H,9,14H2,1H3,(H,26,28)/t23-/m0/s1. The first kappa shape index (κ1) is 17.4. The number of carbonyl (C=O) groups excluding carboxylic acids is 1. The van der Waals surface area contributed by atoms with Crippen LogP contribution in [-0.4, -0.2) is 26.9 Å². The van der Waals surface area contributed by atoms with E-state index in [1.807, 2.05) is 35.9 Å². The van der Waals surface area contributed by atoms with E-state index in [0.717, 1.165) is 22.5 Å². The van der Waals surface area contributed by atoms with Crippen LogP contribution in [0.15, 0.2) is 73.3 Å². The molecule has 0 bridgehead atoms. The second kappa shape index (κ2) is 6.74. The van der Waals surface area contributed by atoms with Crippen LogP contribution in [0.4, 0.5) is 0 Å². The summed E-state index contributed by atoms with van der Waals surface area (Å²) in [5, 5.41) is 3.28. The average Bonchev–Trinajstić information content (AvgIpc) is 3.22. The molecule has 6 nitrogen and oxygen atoms in total. The predicted molar refractivity (Wildman–Crippen MR) is 109 cm³/mol. The normalized spacial score (nSPS) is 18.1. The minimum Gasteiger partial charge on any atom is -0.491 e. The third kappa shape index (κ3) is 2.93. The second-order valence-electron chi connectivity index (χ2n) is 7.28. The van der Waals surface area contributed by atoms with Crippen molar-refractivity contribution >= 4 is 11.6 Å². The summed E-state index contributed by atoms with van der Waals surface area (Å²) in [6.07, 6.45) is 7.73. The number of aryl methyl sites for hydroxylation is 1. The van der Waals surface area contributed by atoms with Crippen LogP contribution in [0, 0.1) is 6.92 Å². The fourth-order valence-corrected chi connectivity index (χ4v) is 3.89. The number of pyridine rings is 2. The number of nitrogens with zero attached hydrogens (tertiary/aromatic N) is 3. The fourth-order valence-electron chi connectivity index (χ4n) is 3.89. The van der Waals surface area contributed by atoms with Crippen LogP contribution in [0.5, 0.6) is 5.75 Å². The first-order chi connectivity index (χ1) is 14.2. The quantitative estimate of drug-likeness (QED) is 0.587. The number of fused-ring (bicyclic) bond motifs is 2. The molecule has 1 aliphatic rings. The predicted octanol–water partition coefficient (Wildman–Crippen LogP) is 3.49. The number of imidazole rings is 1. The first-order valence-corrected chi connectivity index (χ1v) is 9.56. The maximum absolute atomic E-state index is 13.3. The molecule has 0 radical (unpaired) electrons. The lowest BCUT2D eigenvalue weighted by molar-refractivity contribution is 0.0883. The largest absolute Gasteiger partial charge is 0.491 e. The lowest BCUT2D eigenvalue weighted by atomic mass is 9.81. The molecule has 0 saturated carbocycles. The molecule has 144 valence electrons. The van der Waals surface area contributed by atoms with Gasteiger partial charge in [-0.05, 0) is 36.8 Å².